The molecule has 0 saturated heterocycles. The van der Waals surface area contributed by atoms with Gasteiger partial charge in [-0.2, -0.15) is 16.1 Å². The molecule has 1 unspecified atom stereocenters. The van der Waals surface area contributed by atoms with Crippen LogP contribution in [-0.2, 0) is 0 Å². The average molecular weight is 473 g/mol. The maximum Gasteiger partial charge on any atom is 0.103 e. The molecule has 2 aromatic carbocycles. The van der Waals surface area contributed by atoms with Gasteiger partial charge >= 0.3 is 0 Å². The van der Waals surface area contributed by atoms with E-state index in [4.69, 9.17) is 11.6 Å². The van der Waals surface area contributed by atoms with E-state index in [0.717, 1.165) is 22.3 Å². The zero-order valence-corrected chi connectivity index (χ0v) is 19.9. The van der Waals surface area contributed by atoms with Crippen molar-refractivity contribution in [1.82, 2.24) is 21.4 Å². The van der Waals surface area contributed by atoms with Crippen LogP contribution < -0.4 is 27.0 Å². The van der Waals surface area contributed by atoms with Crippen molar-refractivity contribution in [2.24, 2.45) is 5.41 Å². The summed E-state index contributed by atoms with van der Waals surface area (Å²) in [6, 6.07) is 15.3. The van der Waals surface area contributed by atoms with Gasteiger partial charge in [0.15, 0.2) is 0 Å². The van der Waals surface area contributed by atoms with Crippen molar-refractivity contribution in [1.29, 1.82) is 10.5 Å². The van der Waals surface area contributed by atoms with Crippen molar-refractivity contribution in [3.05, 3.63) is 76.2 Å². The van der Waals surface area contributed by atoms with Crippen molar-refractivity contribution in [2.75, 3.05) is 17.2 Å². The Labute approximate surface area is 203 Å². The summed E-state index contributed by atoms with van der Waals surface area (Å²) >= 11 is 6.65. The number of nitriles is 2. The number of hydrogen-bond donors (Lipinski definition) is 5. The number of fused-ring (bicyclic) bond motifs is 1. The number of nitrogens with zero attached hydrogens (tertiary/aromatic N) is 3. The third kappa shape index (κ3) is 4.99. The van der Waals surface area contributed by atoms with E-state index in [1.807, 2.05) is 36.5 Å². The van der Waals surface area contributed by atoms with Gasteiger partial charge in [0.2, 0.25) is 0 Å². The molecule has 0 amide bonds. The summed E-state index contributed by atoms with van der Waals surface area (Å²) in [7, 11) is 0. The predicted octanol–water partition coefficient (Wildman–Crippen LogP) is 4.70. The van der Waals surface area contributed by atoms with Gasteiger partial charge in [-0.15, -0.1) is 0 Å². The highest BCUT2D eigenvalue weighted by molar-refractivity contribution is 6.35. The van der Waals surface area contributed by atoms with E-state index in [9.17, 15) is 10.5 Å². The summed E-state index contributed by atoms with van der Waals surface area (Å²) in [5.74, 6) is 0. The first kappa shape index (κ1) is 23.2. The Kier molecular flexibility index (Phi) is 6.47. The Morgan fingerprint density at radius 2 is 1.97 bits per heavy atom. The normalized spacial score (nSPS) is 13.8. The molecule has 0 fully saturated rings. The molecule has 0 spiro atoms. The standard InChI is InChI=1S/C25H25ClN8/c1-25(2,3)14-30-22-17(11-28)12-29-24-19(22)8-18(9-20(24)26)32-23(21-13-31-34-33-21)16-6-4-5-15(7-16)10-27/h4-9,12-13,23,31-34H,14H2,1-3H3,(H,29,30). The number of rotatable bonds is 6. The van der Waals surface area contributed by atoms with Crippen LogP contribution in [0.2, 0.25) is 5.02 Å². The maximum atomic E-state index is 9.70. The van der Waals surface area contributed by atoms with Crippen LogP contribution in [0.4, 0.5) is 11.4 Å². The van der Waals surface area contributed by atoms with Crippen molar-refractivity contribution in [2.45, 2.75) is 26.8 Å². The number of hydrogen-bond acceptors (Lipinski definition) is 8. The van der Waals surface area contributed by atoms with Crippen molar-refractivity contribution >= 4 is 33.9 Å². The van der Waals surface area contributed by atoms with Gasteiger partial charge in [-0.05, 0) is 35.2 Å². The number of nitrogens with one attached hydrogen (secondary N) is 5. The average Bonchev–Trinajstić information content (AvgIpc) is 3.35. The SMILES string of the molecule is CC(C)(C)CNc1c(C#N)cnc2c(Cl)cc(NC(C3=CNNN3)c3cccc(C#N)c3)cc12. The molecule has 1 aromatic heterocycles. The second kappa shape index (κ2) is 9.48. The van der Waals surface area contributed by atoms with E-state index in [-0.39, 0.29) is 11.5 Å². The fourth-order valence-corrected chi connectivity index (χ4v) is 3.95. The van der Waals surface area contributed by atoms with E-state index in [1.54, 1.807) is 12.3 Å². The molecule has 2 heterocycles. The number of hydrazine groups is 2. The van der Waals surface area contributed by atoms with E-state index < -0.39 is 0 Å². The lowest BCUT2D eigenvalue weighted by atomic mass is 9.96. The van der Waals surface area contributed by atoms with Crippen LogP contribution in [0.5, 0.6) is 0 Å². The molecule has 8 nitrogen and oxygen atoms in total. The zero-order chi connectivity index (χ0) is 24.3. The molecule has 0 radical (unpaired) electrons. The Hall–Kier alpha value is -3.98. The van der Waals surface area contributed by atoms with Crippen molar-refractivity contribution in [3.8, 4) is 12.1 Å². The van der Waals surface area contributed by atoms with Gasteiger partial charge < -0.3 is 21.5 Å². The molecule has 0 saturated carbocycles. The van der Waals surface area contributed by atoms with Gasteiger partial charge in [0.1, 0.15) is 6.07 Å². The molecule has 0 aliphatic carbocycles. The van der Waals surface area contributed by atoms with E-state index >= 15 is 0 Å². The molecule has 5 N–H and O–H groups in total. The fourth-order valence-electron chi connectivity index (χ4n) is 3.68. The number of pyridine rings is 1. The molecule has 4 rings (SSSR count). The maximum absolute atomic E-state index is 9.70. The summed E-state index contributed by atoms with van der Waals surface area (Å²) in [5, 5.41) is 27.2. The van der Waals surface area contributed by atoms with Gasteiger partial charge in [-0.1, -0.05) is 44.5 Å². The van der Waals surface area contributed by atoms with E-state index in [1.165, 1.54) is 0 Å². The van der Waals surface area contributed by atoms with Crippen LogP contribution in [0.25, 0.3) is 10.9 Å². The minimum Gasteiger partial charge on any atom is -0.383 e. The summed E-state index contributed by atoms with van der Waals surface area (Å²) in [5.41, 5.74) is 13.7. The lowest BCUT2D eigenvalue weighted by Gasteiger charge is -2.23. The summed E-state index contributed by atoms with van der Waals surface area (Å²) in [6.07, 6.45) is 3.36. The Morgan fingerprint density at radius 3 is 2.65 bits per heavy atom. The van der Waals surface area contributed by atoms with Crippen LogP contribution in [0.3, 0.4) is 0 Å². The zero-order valence-electron chi connectivity index (χ0n) is 19.1. The second-order valence-corrected chi connectivity index (χ2v) is 9.64. The minimum absolute atomic E-state index is 0.0133. The molecule has 34 heavy (non-hydrogen) atoms. The Morgan fingerprint density at radius 1 is 1.15 bits per heavy atom. The third-order valence-corrected chi connectivity index (χ3v) is 5.61. The highest BCUT2D eigenvalue weighted by atomic mass is 35.5. The van der Waals surface area contributed by atoms with Crippen LogP contribution in [0, 0.1) is 28.1 Å². The molecule has 0 bridgehead atoms. The smallest absolute Gasteiger partial charge is 0.103 e. The predicted molar refractivity (Wildman–Crippen MR) is 134 cm³/mol. The van der Waals surface area contributed by atoms with Gasteiger partial charge in [0, 0.05) is 30.0 Å². The Balaban J connectivity index is 1.79. The summed E-state index contributed by atoms with van der Waals surface area (Å²) in [4.78, 5) is 4.43. The van der Waals surface area contributed by atoms with Crippen LogP contribution in [0.15, 0.2) is 54.5 Å². The Bertz CT molecular complexity index is 1340. The first-order valence-electron chi connectivity index (χ1n) is 10.8. The third-order valence-electron chi connectivity index (χ3n) is 5.32. The van der Waals surface area contributed by atoms with Crippen molar-refractivity contribution < 1.29 is 0 Å². The second-order valence-electron chi connectivity index (χ2n) is 9.24. The fraction of sp³-hybridized carbons (Fsp3) is 0.240. The van der Waals surface area contributed by atoms with E-state index in [2.05, 4.69) is 64.9 Å². The largest absolute Gasteiger partial charge is 0.383 e. The molecular weight excluding hydrogens is 448 g/mol. The lowest BCUT2D eigenvalue weighted by Crippen LogP contribution is -2.33. The highest BCUT2D eigenvalue weighted by Gasteiger charge is 2.21. The van der Waals surface area contributed by atoms with Crippen molar-refractivity contribution in [3.63, 3.8) is 0 Å². The number of aromatic nitrogens is 1. The molecule has 1 atom stereocenters. The minimum atomic E-state index is -0.303. The quantitative estimate of drug-likeness (QED) is 0.350. The lowest BCUT2D eigenvalue weighted by molar-refractivity contribution is 0.443. The van der Waals surface area contributed by atoms with Crippen LogP contribution in [0.1, 0.15) is 43.5 Å². The first-order valence-corrected chi connectivity index (χ1v) is 11.2. The molecular formula is C25H25ClN8. The molecule has 3 aromatic rings. The number of benzene rings is 2. The molecule has 9 heteroatoms. The highest BCUT2D eigenvalue weighted by Crippen LogP contribution is 2.36. The monoisotopic (exact) mass is 472 g/mol. The van der Waals surface area contributed by atoms with Gasteiger partial charge in [0.05, 0.1) is 45.2 Å². The number of halogens is 1. The van der Waals surface area contributed by atoms with Crippen LogP contribution >= 0.6 is 11.6 Å². The first-order chi connectivity index (χ1) is 16.3. The molecule has 1 aliphatic heterocycles. The summed E-state index contributed by atoms with van der Waals surface area (Å²) in [6.45, 7) is 7.05. The molecule has 1 aliphatic rings. The summed E-state index contributed by atoms with van der Waals surface area (Å²) < 4.78 is 0. The van der Waals surface area contributed by atoms with Gasteiger partial charge in [-0.25, -0.2) is 0 Å². The number of anilines is 2. The van der Waals surface area contributed by atoms with E-state index in [0.29, 0.717) is 33.9 Å². The van der Waals surface area contributed by atoms with Gasteiger partial charge in [-0.3, -0.25) is 4.98 Å². The topological polar surface area (TPSA) is 121 Å². The van der Waals surface area contributed by atoms with Crippen LogP contribution in [-0.4, -0.2) is 11.5 Å². The molecule has 172 valence electrons. The van der Waals surface area contributed by atoms with Gasteiger partial charge in [0.25, 0.3) is 0 Å².